The molecule has 212 valence electrons. The number of methoxy groups -OCH3 is 4. The Bertz CT molecular complexity index is 1410. The van der Waals surface area contributed by atoms with Crippen LogP contribution in [-0.2, 0) is 20.7 Å². The first-order valence-electron chi connectivity index (χ1n) is 13.9. The number of carbonyl (C=O) groups is 2. The molecule has 0 amide bonds. The molecule has 2 aliphatic heterocycles. The fourth-order valence-electron chi connectivity index (χ4n) is 7.32. The normalized spacial score (nSPS) is 25.8. The van der Waals surface area contributed by atoms with Crippen LogP contribution in [0.15, 0.2) is 36.4 Å². The van der Waals surface area contributed by atoms with E-state index in [0.717, 1.165) is 37.9 Å². The van der Waals surface area contributed by atoms with Crippen molar-refractivity contribution in [3.05, 3.63) is 53.2 Å². The maximum atomic E-state index is 13.4. The smallest absolute Gasteiger partial charge is 0.338 e. The van der Waals surface area contributed by atoms with Crippen LogP contribution in [0.3, 0.4) is 0 Å². The number of fused-ring (bicyclic) bond motifs is 6. The number of nitrogens with one attached hydrogen (secondary N) is 1. The Morgan fingerprint density at radius 1 is 0.975 bits per heavy atom. The van der Waals surface area contributed by atoms with Gasteiger partial charge in [0, 0.05) is 29.7 Å². The standard InChI is InChI=1S/C31H36N2O7/c1-36-25-13-18(14-26(37-2)29(25)38-3)30(34)40-24-10-9-17-16-33-12-11-20-19-7-5-6-8-22(19)32-28(20)23(33)15-21(17)27(24)31(35)39-4/h5-8,13-14,17,21,23-24,27,32H,9-12,15-16H2,1-4H3/t17-,21-,23-,24-,27+/m0/s1. The van der Waals surface area contributed by atoms with E-state index < -0.39 is 18.0 Å². The number of ether oxygens (including phenoxy) is 5. The number of benzene rings is 2. The fraction of sp³-hybridized carbons (Fsp3) is 0.484. The molecule has 9 nitrogen and oxygen atoms in total. The van der Waals surface area contributed by atoms with E-state index in [4.69, 9.17) is 23.7 Å². The molecule has 40 heavy (non-hydrogen) atoms. The van der Waals surface area contributed by atoms with E-state index in [2.05, 4.69) is 34.1 Å². The molecule has 0 spiro atoms. The molecule has 0 unspecified atom stereocenters. The minimum absolute atomic E-state index is 0.0394. The molecule has 6 rings (SSSR count). The van der Waals surface area contributed by atoms with Gasteiger partial charge in [-0.2, -0.15) is 0 Å². The number of aromatic nitrogens is 1. The number of hydrogen-bond acceptors (Lipinski definition) is 8. The molecule has 3 heterocycles. The summed E-state index contributed by atoms with van der Waals surface area (Å²) in [6.07, 6.45) is 2.73. The third-order valence-electron chi connectivity index (χ3n) is 9.16. The van der Waals surface area contributed by atoms with Crippen molar-refractivity contribution in [3.8, 4) is 17.2 Å². The lowest BCUT2D eigenvalue weighted by molar-refractivity contribution is -0.160. The van der Waals surface area contributed by atoms with Gasteiger partial charge >= 0.3 is 11.9 Å². The van der Waals surface area contributed by atoms with Crippen molar-refractivity contribution in [2.24, 2.45) is 17.8 Å². The molecule has 0 radical (unpaired) electrons. The Labute approximate surface area is 233 Å². The minimum Gasteiger partial charge on any atom is -0.493 e. The van der Waals surface area contributed by atoms with Crippen LogP contribution >= 0.6 is 0 Å². The molecule has 0 bridgehead atoms. The third kappa shape index (κ3) is 4.36. The van der Waals surface area contributed by atoms with Gasteiger partial charge in [-0.25, -0.2) is 4.79 Å². The highest BCUT2D eigenvalue weighted by atomic mass is 16.6. The van der Waals surface area contributed by atoms with E-state index in [9.17, 15) is 9.59 Å². The van der Waals surface area contributed by atoms with Crippen LogP contribution < -0.4 is 14.2 Å². The second kappa shape index (κ2) is 10.7. The van der Waals surface area contributed by atoms with Gasteiger partial charge in [0.15, 0.2) is 11.5 Å². The number of aromatic amines is 1. The quantitative estimate of drug-likeness (QED) is 0.449. The maximum Gasteiger partial charge on any atom is 0.338 e. The number of nitrogens with zero attached hydrogens (tertiary/aromatic N) is 1. The second-order valence-electron chi connectivity index (χ2n) is 11.0. The molecule has 1 saturated carbocycles. The fourth-order valence-corrected chi connectivity index (χ4v) is 7.32. The van der Waals surface area contributed by atoms with Gasteiger partial charge in [-0.05, 0) is 61.3 Å². The number of hydrogen-bond donors (Lipinski definition) is 1. The van der Waals surface area contributed by atoms with Crippen molar-refractivity contribution in [3.63, 3.8) is 0 Å². The summed E-state index contributed by atoms with van der Waals surface area (Å²) in [5.74, 6) is 0.0986. The van der Waals surface area contributed by atoms with Gasteiger partial charge in [-0.3, -0.25) is 9.69 Å². The summed E-state index contributed by atoms with van der Waals surface area (Å²) in [7, 11) is 5.91. The summed E-state index contributed by atoms with van der Waals surface area (Å²) >= 11 is 0. The summed E-state index contributed by atoms with van der Waals surface area (Å²) < 4.78 is 27.6. The molecular formula is C31H36N2O7. The van der Waals surface area contributed by atoms with Crippen LogP contribution in [0.1, 0.15) is 46.9 Å². The van der Waals surface area contributed by atoms with Crippen molar-refractivity contribution in [2.45, 2.75) is 37.8 Å². The van der Waals surface area contributed by atoms with E-state index in [1.54, 1.807) is 12.1 Å². The SMILES string of the molecule is COC(=O)[C@@H]1[C@H]2C[C@H]3c4[nH]c5ccccc5c4CCN3C[C@@H]2CC[C@@H]1OC(=O)c1cc(OC)c(OC)c(OC)c1. The van der Waals surface area contributed by atoms with E-state index in [1.807, 2.05) is 0 Å². The van der Waals surface area contributed by atoms with Crippen molar-refractivity contribution in [1.29, 1.82) is 0 Å². The van der Waals surface area contributed by atoms with Gasteiger partial charge in [0.25, 0.3) is 0 Å². The minimum atomic E-state index is -0.586. The van der Waals surface area contributed by atoms with Crippen LogP contribution in [0.2, 0.25) is 0 Å². The molecule has 1 aromatic heterocycles. The summed E-state index contributed by atoms with van der Waals surface area (Å²) in [5.41, 5.74) is 4.06. The molecule has 1 saturated heterocycles. The van der Waals surface area contributed by atoms with Crippen LogP contribution in [0, 0.1) is 17.8 Å². The van der Waals surface area contributed by atoms with Gasteiger partial charge < -0.3 is 28.7 Å². The summed E-state index contributed by atoms with van der Waals surface area (Å²) in [6.45, 7) is 1.93. The van der Waals surface area contributed by atoms with Crippen molar-refractivity contribution < 1.29 is 33.3 Å². The Balaban J connectivity index is 1.28. The average molecular weight is 549 g/mol. The predicted molar refractivity (Wildman–Crippen MR) is 148 cm³/mol. The van der Waals surface area contributed by atoms with Crippen LogP contribution in [0.4, 0.5) is 0 Å². The van der Waals surface area contributed by atoms with Gasteiger partial charge in [-0.1, -0.05) is 18.2 Å². The molecule has 5 atom stereocenters. The molecule has 2 fully saturated rings. The van der Waals surface area contributed by atoms with Gasteiger partial charge in [0.1, 0.15) is 6.10 Å². The van der Waals surface area contributed by atoms with Crippen molar-refractivity contribution >= 4 is 22.8 Å². The van der Waals surface area contributed by atoms with E-state index in [1.165, 1.54) is 45.1 Å². The Morgan fingerprint density at radius 3 is 2.42 bits per heavy atom. The second-order valence-corrected chi connectivity index (χ2v) is 11.0. The molecular weight excluding hydrogens is 512 g/mol. The van der Waals surface area contributed by atoms with Crippen LogP contribution in [0.25, 0.3) is 10.9 Å². The van der Waals surface area contributed by atoms with E-state index >= 15 is 0 Å². The number of esters is 2. The zero-order chi connectivity index (χ0) is 28.0. The lowest BCUT2D eigenvalue weighted by atomic mass is 9.64. The zero-order valence-corrected chi connectivity index (χ0v) is 23.4. The molecule has 3 aromatic rings. The Morgan fingerprint density at radius 2 is 1.73 bits per heavy atom. The average Bonchev–Trinajstić information content (AvgIpc) is 3.38. The van der Waals surface area contributed by atoms with Gasteiger partial charge in [0.2, 0.25) is 5.75 Å². The first-order chi connectivity index (χ1) is 19.5. The van der Waals surface area contributed by atoms with Crippen LogP contribution in [-0.4, -0.2) is 69.5 Å². The highest BCUT2D eigenvalue weighted by Gasteiger charge is 2.51. The monoisotopic (exact) mass is 548 g/mol. The largest absolute Gasteiger partial charge is 0.493 e. The van der Waals surface area contributed by atoms with Crippen molar-refractivity contribution in [1.82, 2.24) is 9.88 Å². The topological polar surface area (TPSA) is 99.3 Å². The lowest BCUT2D eigenvalue weighted by Gasteiger charge is -2.51. The molecule has 1 N–H and O–H groups in total. The number of rotatable bonds is 6. The summed E-state index contributed by atoms with van der Waals surface area (Å²) in [5, 5.41) is 1.28. The summed E-state index contributed by atoms with van der Waals surface area (Å²) in [6, 6.07) is 11.8. The number of H-pyrrole nitrogens is 1. The highest BCUT2D eigenvalue weighted by molar-refractivity contribution is 5.91. The van der Waals surface area contributed by atoms with E-state index in [0.29, 0.717) is 29.6 Å². The molecule has 3 aliphatic rings. The maximum absolute atomic E-state index is 13.4. The van der Waals surface area contributed by atoms with E-state index in [-0.39, 0.29) is 23.5 Å². The summed E-state index contributed by atoms with van der Waals surface area (Å²) in [4.78, 5) is 33.0. The Hall–Kier alpha value is -3.72. The number of carbonyl (C=O) groups excluding carboxylic acids is 2. The first kappa shape index (κ1) is 26.5. The Kier molecular flexibility index (Phi) is 7.08. The highest BCUT2D eigenvalue weighted by Crippen LogP contribution is 2.50. The zero-order valence-electron chi connectivity index (χ0n) is 23.4. The molecule has 9 heteroatoms. The number of piperidine rings is 1. The lowest BCUT2D eigenvalue weighted by Crippen LogP contribution is -2.54. The number of para-hydroxylation sites is 1. The predicted octanol–water partition coefficient (Wildman–Crippen LogP) is 4.54. The first-order valence-corrected chi connectivity index (χ1v) is 13.9. The van der Waals surface area contributed by atoms with Crippen LogP contribution in [0.5, 0.6) is 17.2 Å². The van der Waals surface area contributed by atoms with Gasteiger partial charge in [-0.15, -0.1) is 0 Å². The van der Waals surface area contributed by atoms with Crippen molar-refractivity contribution in [2.75, 3.05) is 41.5 Å². The van der Waals surface area contributed by atoms with Gasteiger partial charge in [0.05, 0.1) is 46.0 Å². The molecule has 1 aliphatic carbocycles. The molecule has 2 aromatic carbocycles. The third-order valence-corrected chi connectivity index (χ3v) is 9.16.